The average Bonchev–Trinajstić information content (AvgIpc) is 3.12. The van der Waals surface area contributed by atoms with E-state index in [0.717, 1.165) is 51.4 Å². The second-order valence-corrected chi connectivity index (χ2v) is 17.9. The molecule has 9 heteroatoms. The van der Waals surface area contributed by atoms with E-state index in [4.69, 9.17) is 9.05 Å². The van der Waals surface area contributed by atoms with Crippen molar-refractivity contribution in [3.8, 4) is 0 Å². The largest absolute Gasteiger partial charge is 0.472 e. The maximum absolute atomic E-state index is 12.8. The molecule has 0 aliphatic rings. The fourth-order valence-electron chi connectivity index (χ4n) is 6.21. The minimum absolute atomic E-state index is 0.0544. The summed E-state index contributed by atoms with van der Waals surface area (Å²) in [6.45, 7) is 4.74. The van der Waals surface area contributed by atoms with Crippen LogP contribution in [0.3, 0.4) is 0 Å². The van der Waals surface area contributed by atoms with Crippen molar-refractivity contribution in [2.24, 2.45) is 0 Å². The Bertz CT molecular complexity index is 980. The molecule has 1 amide bonds. The van der Waals surface area contributed by atoms with Crippen LogP contribution in [-0.4, -0.2) is 73.4 Å². The number of unbranched alkanes of at least 4 members (excludes halogenated alkanes) is 23. The van der Waals surface area contributed by atoms with Gasteiger partial charge in [0.1, 0.15) is 13.2 Å². The third kappa shape index (κ3) is 39.0. The first-order valence-electron chi connectivity index (χ1n) is 22.4. The van der Waals surface area contributed by atoms with Crippen molar-refractivity contribution in [3.63, 3.8) is 0 Å². The average molecular weight is 784 g/mol. The van der Waals surface area contributed by atoms with Crippen LogP contribution in [-0.2, 0) is 18.4 Å². The van der Waals surface area contributed by atoms with Gasteiger partial charge in [0.2, 0.25) is 5.91 Å². The van der Waals surface area contributed by atoms with Gasteiger partial charge in [0.25, 0.3) is 0 Å². The van der Waals surface area contributed by atoms with Crippen LogP contribution >= 0.6 is 7.82 Å². The summed E-state index contributed by atoms with van der Waals surface area (Å²) in [5.74, 6) is -0.199. The standard InChI is InChI=1S/C45H87N2O6P/c1-6-8-10-12-14-16-18-19-20-21-22-23-24-25-26-27-29-30-32-34-36-38-44(48)43(42-53-54(50,51)52-41-40-47(3,4)5)46-45(49)39-37-35-33-31-28-17-15-13-11-9-7-2/h13,15,29-30,36,38,43-44,48H,6-12,14,16-28,31-35,37,39-42H2,1-5H3,(H-,46,49,50,51)/p+1/b15-13-,30-29+,38-36+. The van der Waals surface area contributed by atoms with Gasteiger partial charge in [0, 0.05) is 6.42 Å². The van der Waals surface area contributed by atoms with Gasteiger partial charge < -0.3 is 19.8 Å². The number of phosphoric ester groups is 1. The molecule has 0 rings (SSSR count). The molecule has 0 aliphatic carbocycles. The first-order chi connectivity index (χ1) is 26.0. The zero-order chi connectivity index (χ0) is 40.0. The molecule has 3 atom stereocenters. The minimum atomic E-state index is -4.34. The summed E-state index contributed by atoms with van der Waals surface area (Å²) in [4.78, 5) is 23.0. The summed E-state index contributed by atoms with van der Waals surface area (Å²) in [6.07, 6.45) is 45.1. The second kappa shape index (κ2) is 37.3. The molecule has 3 N–H and O–H groups in total. The fourth-order valence-corrected chi connectivity index (χ4v) is 6.95. The van der Waals surface area contributed by atoms with E-state index in [1.807, 2.05) is 27.2 Å². The van der Waals surface area contributed by atoms with Gasteiger partial charge in [0.15, 0.2) is 0 Å². The van der Waals surface area contributed by atoms with E-state index in [1.54, 1.807) is 6.08 Å². The normalized spacial score (nSPS) is 14.7. The van der Waals surface area contributed by atoms with Gasteiger partial charge in [0.05, 0.1) is 39.9 Å². The number of amides is 1. The van der Waals surface area contributed by atoms with Crippen molar-refractivity contribution in [1.29, 1.82) is 0 Å². The Balaban J connectivity index is 4.41. The maximum Gasteiger partial charge on any atom is 0.472 e. The Morgan fingerprint density at radius 1 is 0.611 bits per heavy atom. The van der Waals surface area contributed by atoms with E-state index in [2.05, 4.69) is 43.5 Å². The SMILES string of the molecule is CCCC/C=C\CCCCCCCC(=O)NC(COP(=O)(O)OCC[N+](C)(C)C)C(O)/C=C/CC/C=C/CCCCCCCCCCCCCCCCC. The number of aliphatic hydroxyl groups excluding tert-OH is 1. The number of likely N-dealkylation sites (N-methyl/N-ethyl adjacent to an activating group) is 1. The van der Waals surface area contributed by atoms with Crippen LogP contribution in [0.1, 0.15) is 194 Å². The molecular weight excluding hydrogens is 695 g/mol. The van der Waals surface area contributed by atoms with Crippen LogP contribution < -0.4 is 5.32 Å². The van der Waals surface area contributed by atoms with Crippen LogP contribution in [0.5, 0.6) is 0 Å². The van der Waals surface area contributed by atoms with Gasteiger partial charge in [-0.1, -0.05) is 172 Å². The lowest BCUT2D eigenvalue weighted by Crippen LogP contribution is -2.45. The molecule has 0 bridgehead atoms. The number of nitrogens with zero attached hydrogens (tertiary/aromatic N) is 1. The van der Waals surface area contributed by atoms with Gasteiger partial charge in [-0.3, -0.25) is 13.8 Å². The van der Waals surface area contributed by atoms with Crippen molar-refractivity contribution < 1.29 is 32.9 Å². The molecule has 3 unspecified atom stereocenters. The number of hydrogen-bond acceptors (Lipinski definition) is 5. The monoisotopic (exact) mass is 784 g/mol. The molecule has 0 fully saturated rings. The molecule has 0 saturated carbocycles. The summed E-state index contributed by atoms with van der Waals surface area (Å²) in [5, 5.41) is 13.8. The number of aliphatic hydroxyl groups is 1. The molecule has 0 aliphatic heterocycles. The van der Waals surface area contributed by atoms with Crippen molar-refractivity contribution in [3.05, 3.63) is 36.5 Å². The summed E-state index contributed by atoms with van der Waals surface area (Å²) in [7, 11) is 1.55. The third-order valence-corrected chi connectivity index (χ3v) is 10.8. The number of carbonyl (C=O) groups excluding carboxylic acids is 1. The van der Waals surface area contributed by atoms with Crippen LogP contribution in [0.25, 0.3) is 0 Å². The molecule has 0 aromatic heterocycles. The number of hydrogen-bond donors (Lipinski definition) is 3. The number of phosphoric acid groups is 1. The molecule has 0 spiro atoms. The van der Waals surface area contributed by atoms with Crippen molar-refractivity contribution in [1.82, 2.24) is 5.32 Å². The summed E-state index contributed by atoms with van der Waals surface area (Å²) in [6, 6.07) is -0.864. The molecule has 0 heterocycles. The first kappa shape index (κ1) is 52.7. The second-order valence-electron chi connectivity index (χ2n) is 16.4. The number of quaternary nitrogens is 1. The summed E-state index contributed by atoms with van der Waals surface area (Å²) < 4.78 is 23.5. The number of carbonyl (C=O) groups is 1. The predicted molar refractivity (Wildman–Crippen MR) is 231 cm³/mol. The molecule has 0 saturated heterocycles. The molecule has 0 aromatic carbocycles. The lowest BCUT2D eigenvalue weighted by molar-refractivity contribution is -0.870. The van der Waals surface area contributed by atoms with Gasteiger partial charge >= 0.3 is 7.82 Å². The molecule has 0 aromatic rings. The highest BCUT2D eigenvalue weighted by atomic mass is 31.2. The first-order valence-corrected chi connectivity index (χ1v) is 23.9. The summed E-state index contributed by atoms with van der Waals surface area (Å²) >= 11 is 0. The fraction of sp³-hybridized carbons (Fsp3) is 0.844. The van der Waals surface area contributed by atoms with Crippen molar-refractivity contribution >= 4 is 13.7 Å². The van der Waals surface area contributed by atoms with Crippen LogP contribution in [0.15, 0.2) is 36.5 Å². The molecular formula is C45H88N2O6P+. The summed E-state index contributed by atoms with van der Waals surface area (Å²) in [5.41, 5.74) is 0. The Morgan fingerprint density at radius 2 is 1.04 bits per heavy atom. The van der Waals surface area contributed by atoms with Gasteiger partial charge in [-0.2, -0.15) is 0 Å². The van der Waals surface area contributed by atoms with Gasteiger partial charge in [-0.15, -0.1) is 0 Å². The Hall–Kier alpha value is -1.28. The van der Waals surface area contributed by atoms with Gasteiger partial charge in [-0.05, 0) is 51.4 Å². The van der Waals surface area contributed by atoms with Crippen molar-refractivity contribution in [2.75, 3.05) is 40.9 Å². The van der Waals surface area contributed by atoms with E-state index in [9.17, 15) is 19.4 Å². The quantitative estimate of drug-likeness (QED) is 0.0247. The lowest BCUT2D eigenvalue weighted by Gasteiger charge is -2.25. The lowest BCUT2D eigenvalue weighted by atomic mass is 10.0. The Labute approximate surface area is 334 Å². The zero-order valence-corrected chi connectivity index (χ0v) is 36.9. The van der Waals surface area contributed by atoms with E-state index in [0.29, 0.717) is 17.4 Å². The van der Waals surface area contributed by atoms with Crippen LogP contribution in [0.4, 0.5) is 0 Å². The Morgan fingerprint density at radius 3 is 1.54 bits per heavy atom. The third-order valence-electron chi connectivity index (χ3n) is 9.83. The van der Waals surface area contributed by atoms with Crippen LogP contribution in [0, 0.1) is 0 Å². The van der Waals surface area contributed by atoms with Crippen LogP contribution in [0.2, 0.25) is 0 Å². The van der Waals surface area contributed by atoms with Gasteiger partial charge in [-0.25, -0.2) is 4.57 Å². The number of rotatable bonds is 40. The molecule has 8 nitrogen and oxygen atoms in total. The minimum Gasteiger partial charge on any atom is -0.387 e. The van der Waals surface area contributed by atoms with E-state index >= 15 is 0 Å². The van der Waals surface area contributed by atoms with Crippen molar-refractivity contribution in [2.45, 2.75) is 206 Å². The smallest absolute Gasteiger partial charge is 0.387 e. The topological polar surface area (TPSA) is 105 Å². The van der Waals surface area contributed by atoms with E-state index in [-0.39, 0.29) is 19.1 Å². The predicted octanol–water partition coefficient (Wildman–Crippen LogP) is 12.3. The highest BCUT2D eigenvalue weighted by Gasteiger charge is 2.27. The molecule has 0 radical (unpaired) electrons. The Kier molecular flexibility index (Phi) is 36.4. The zero-order valence-electron chi connectivity index (χ0n) is 36.0. The number of nitrogens with one attached hydrogen (secondary N) is 1. The highest BCUT2D eigenvalue weighted by Crippen LogP contribution is 2.43. The van der Waals surface area contributed by atoms with E-state index in [1.165, 1.54) is 122 Å². The van der Waals surface area contributed by atoms with E-state index < -0.39 is 20.0 Å². The highest BCUT2D eigenvalue weighted by molar-refractivity contribution is 7.47. The molecule has 54 heavy (non-hydrogen) atoms. The molecule has 318 valence electrons. The maximum atomic E-state index is 12.8. The number of allylic oxidation sites excluding steroid dienone is 5.